The molecule has 0 aromatic heterocycles. The predicted molar refractivity (Wildman–Crippen MR) is 62.1 cm³/mol. The molecule has 1 aliphatic rings. The van der Waals surface area contributed by atoms with Crippen LogP contribution in [0.4, 0.5) is 0 Å². The molecule has 0 heterocycles. The van der Waals surface area contributed by atoms with Crippen molar-refractivity contribution in [2.75, 3.05) is 7.05 Å². The Morgan fingerprint density at radius 1 is 1.33 bits per heavy atom. The lowest BCUT2D eigenvalue weighted by Gasteiger charge is -2.35. The summed E-state index contributed by atoms with van der Waals surface area (Å²) in [5.74, 6) is 2.68. The van der Waals surface area contributed by atoms with Gasteiger partial charge in [-0.2, -0.15) is 5.26 Å². The minimum Gasteiger partial charge on any atom is -0.298 e. The Balaban J connectivity index is 2.50. The van der Waals surface area contributed by atoms with E-state index in [0.29, 0.717) is 18.9 Å². The van der Waals surface area contributed by atoms with Crippen LogP contribution in [0.1, 0.15) is 44.9 Å². The van der Waals surface area contributed by atoms with Crippen molar-refractivity contribution in [3.8, 4) is 18.4 Å². The van der Waals surface area contributed by atoms with Gasteiger partial charge in [0.2, 0.25) is 0 Å². The highest BCUT2D eigenvalue weighted by Crippen LogP contribution is 2.24. The van der Waals surface area contributed by atoms with E-state index in [9.17, 15) is 0 Å². The fraction of sp³-hybridized carbons (Fsp3) is 0.769. The molecule has 1 unspecified atom stereocenters. The van der Waals surface area contributed by atoms with Gasteiger partial charge in [-0.05, 0) is 19.9 Å². The summed E-state index contributed by atoms with van der Waals surface area (Å²) in [4.78, 5) is 2.34. The van der Waals surface area contributed by atoms with E-state index in [-0.39, 0.29) is 6.04 Å². The highest BCUT2D eigenvalue weighted by molar-refractivity contribution is 4.95. The monoisotopic (exact) mass is 204 g/mol. The van der Waals surface area contributed by atoms with Crippen LogP contribution in [0.5, 0.6) is 0 Å². The third-order valence-corrected chi connectivity index (χ3v) is 3.41. The molecule has 0 aliphatic heterocycles. The Morgan fingerprint density at radius 2 is 2.00 bits per heavy atom. The van der Waals surface area contributed by atoms with Gasteiger partial charge in [0.1, 0.15) is 0 Å². The molecule has 1 aliphatic carbocycles. The van der Waals surface area contributed by atoms with Crippen LogP contribution in [0.15, 0.2) is 0 Å². The van der Waals surface area contributed by atoms with Crippen molar-refractivity contribution < 1.29 is 0 Å². The lowest BCUT2D eigenvalue weighted by Crippen LogP contribution is -2.41. The first kappa shape index (κ1) is 12.1. The van der Waals surface area contributed by atoms with Crippen molar-refractivity contribution in [1.29, 1.82) is 5.26 Å². The van der Waals surface area contributed by atoms with Gasteiger partial charge in [-0.25, -0.2) is 0 Å². The van der Waals surface area contributed by atoms with E-state index in [1.165, 1.54) is 32.1 Å². The Morgan fingerprint density at radius 3 is 2.53 bits per heavy atom. The predicted octanol–water partition coefficient (Wildman–Crippen LogP) is 2.56. The van der Waals surface area contributed by atoms with Crippen LogP contribution >= 0.6 is 0 Å². The fourth-order valence-corrected chi connectivity index (χ4v) is 2.39. The zero-order valence-corrected chi connectivity index (χ0v) is 9.58. The number of hydrogen-bond donors (Lipinski definition) is 0. The smallest absolute Gasteiger partial charge is 0.0638 e. The Bertz CT molecular complexity index is 237. The molecule has 1 saturated carbocycles. The van der Waals surface area contributed by atoms with Crippen LogP contribution in [-0.2, 0) is 0 Å². The molecule has 1 rings (SSSR count). The fourth-order valence-electron chi connectivity index (χ4n) is 2.39. The van der Waals surface area contributed by atoms with Crippen molar-refractivity contribution >= 4 is 0 Å². The molecular weight excluding hydrogens is 184 g/mol. The second-order valence-electron chi connectivity index (χ2n) is 4.38. The molecule has 0 spiro atoms. The van der Waals surface area contributed by atoms with Crippen molar-refractivity contribution in [1.82, 2.24) is 4.90 Å². The van der Waals surface area contributed by atoms with E-state index < -0.39 is 0 Å². The molecule has 0 bridgehead atoms. The number of terminal acetylenes is 1. The van der Waals surface area contributed by atoms with Gasteiger partial charge in [-0.1, -0.05) is 19.3 Å². The molecule has 82 valence electrons. The van der Waals surface area contributed by atoms with Crippen molar-refractivity contribution in [3.63, 3.8) is 0 Å². The van der Waals surface area contributed by atoms with E-state index in [1.807, 2.05) is 0 Å². The summed E-state index contributed by atoms with van der Waals surface area (Å²) in [6, 6.07) is 3.13. The van der Waals surface area contributed by atoms with Crippen molar-refractivity contribution in [2.24, 2.45) is 0 Å². The summed E-state index contributed by atoms with van der Waals surface area (Å²) >= 11 is 0. The zero-order valence-electron chi connectivity index (χ0n) is 9.58. The minimum atomic E-state index is 0.253. The maximum atomic E-state index is 8.77. The average Bonchev–Trinajstić information content (AvgIpc) is 2.29. The molecule has 1 atom stereocenters. The molecule has 0 radical (unpaired) electrons. The van der Waals surface area contributed by atoms with Crippen LogP contribution in [0, 0.1) is 23.7 Å². The first-order valence-corrected chi connectivity index (χ1v) is 5.82. The summed E-state index contributed by atoms with van der Waals surface area (Å²) in [7, 11) is 2.12. The Hall–Kier alpha value is -0.990. The van der Waals surface area contributed by atoms with Crippen molar-refractivity contribution in [2.45, 2.75) is 57.0 Å². The Labute approximate surface area is 93.3 Å². The second kappa shape index (κ2) is 6.49. The van der Waals surface area contributed by atoms with Gasteiger partial charge in [-0.3, -0.25) is 4.90 Å². The number of hydrogen-bond acceptors (Lipinski definition) is 2. The van der Waals surface area contributed by atoms with Crippen LogP contribution in [0.2, 0.25) is 0 Å². The van der Waals surface area contributed by atoms with E-state index in [0.717, 1.165) is 0 Å². The zero-order chi connectivity index (χ0) is 11.1. The number of nitrogens with zero attached hydrogens (tertiary/aromatic N) is 2. The highest BCUT2D eigenvalue weighted by Gasteiger charge is 2.23. The van der Waals surface area contributed by atoms with Gasteiger partial charge in [-0.15, -0.1) is 12.3 Å². The molecule has 2 nitrogen and oxygen atoms in total. The highest BCUT2D eigenvalue weighted by atomic mass is 15.2. The maximum absolute atomic E-state index is 8.77. The molecular formula is C13H20N2. The summed E-state index contributed by atoms with van der Waals surface area (Å²) in [5, 5.41) is 8.77. The van der Waals surface area contributed by atoms with Gasteiger partial charge >= 0.3 is 0 Å². The molecule has 0 amide bonds. The molecule has 0 saturated heterocycles. The standard InChI is InChI=1S/C13H20N2/c1-3-7-12(10-11-14)15(2)13-8-5-4-6-9-13/h1,12-13H,4-10H2,2H3. The van der Waals surface area contributed by atoms with E-state index in [1.54, 1.807) is 0 Å². The van der Waals surface area contributed by atoms with Gasteiger partial charge in [0.15, 0.2) is 0 Å². The van der Waals surface area contributed by atoms with Crippen LogP contribution in [0.3, 0.4) is 0 Å². The normalized spacial score (nSPS) is 19.5. The van der Waals surface area contributed by atoms with E-state index >= 15 is 0 Å². The van der Waals surface area contributed by atoms with Gasteiger partial charge in [0.25, 0.3) is 0 Å². The number of rotatable bonds is 4. The maximum Gasteiger partial charge on any atom is 0.0638 e. The van der Waals surface area contributed by atoms with E-state index in [4.69, 9.17) is 11.7 Å². The summed E-state index contributed by atoms with van der Waals surface area (Å²) in [6.45, 7) is 0. The van der Waals surface area contributed by atoms with Crippen LogP contribution in [0.25, 0.3) is 0 Å². The van der Waals surface area contributed by atoms with Gasteiger partial charge in [0, 0.05) is 18.5 Å². The molecule has 15 heavy (non-hydrogen) atoms. The van der Waals surface area contributed by atoms with Crippen molar-refractivity contribution in [3.05, 3.63) is 0 Å². The minimum absolute atomic E-state index is 0.253. The third kappa shape index (κ3) is 3.57. The molecule has 0 N–H and O–H groups in total. The largest absolute Gasteiger partial charge is 0.298 e. The average molecular weight is 204 g/mol. The quantitative estimate of drug-likeness (QED) is 0.658. The lowest BCUT2D eigenvalue weighted by atomic mass is 9.93. The third-order valence-electron chi connectivity index (χ3n) is 3.41. The summed E-state index contributed by atoms with van der Waals surface area (Å²) in [6.07, 6.45) is 13.1. The molecule has 0 aromatic carbocycles. The lowest BCUT2D eigenvalue weighted by molar-refractivity contribution is 0.140. The molecule has 1 fully saturated rings. The second-order valence-corrected chi connectivity index (χ2v) is 4.38. The van der Waals surface area contributed by atoms with Crippen LogP contribution in [-0.4, -0.2) is 24.0 Å². The first-order valence-electron chi connectivity index (χ1n) is 5.82. The van der Waals surface area contributed by atoms with Gasteiger partial charge < -0.3 is 0 Å². The summed E-state index contributed by atoms with van der Waals surface area (Å²) in [5.41, 5.74) is 0. The van der Waals surface area contributed by atoms with Crippen LogP contribution < -0.4 is 0 Å². The Kier molecular flexibility index (Phi) is 5.22. The molecule has 0 aromatic rings. The number of nitriles is 1. The SMILES string of the molecule is C#CCC(CC#N)N(C)C1CCCCC1. The topological polar surface area (TPSA) is 27.0 Å². The first-order chi connectivity index (χ1) is 7.29. The van der Waals surface area contributed by atoms with E-state index in [2.05, 4.69) is 23.9 Å². The van der Waals surface area contributed by atoms with Gasteiger partial charge in [0.05, 0.1) is 12.5 Å². The summed E-state index contributed by atoms with van der Waals surface area (Å²) < 4.78 is 0. The molecule has 2 heteroatoms.